The summed E-state index contributed by atoms with van der Waals surface area (Å²) < 4.78 is 0. The van der Waals surface area contributed by atoms with Crippen LogP contribution in [0.1, 0.15) is 25.3 Å². The molecule has 0 fully saturated rings. The highest BCUT2D eigenvalue weighted by Crippen LogP contribution is 2.21. The largest absolute Gasteiger partial charge is 0.355 e. The van der Waals surface area contributed by atoms with Crippen LogP contribution in [0.15, 0.2) is 18.2 Å². The minimum atomic E-state index is 0.0457. The average molecular weight is 303 g/mol. The molecule has 1 aromatic carbocycles. The Labute approximate surface area is 124 Å². The van der Waals surface area contributed by atoms with Crippen LogP contribution >= 0.6 is 23.2 Å². The molecule has 1 rings (SSSR count). The zero-order valence-electron chi connectivity index (χ0n) is 11.1. The summed E-state index contributed by atoms with van der Waals surface area (Å²) in [7, 11) is 0. The summed E-state index contributed by atoms with van der Waals surface area (Å²) in [6.45, 7) is 4.56. The predicted molar refractivity (Wildman–Crippen MR) is 81.0 cm³/mol. The van der Waals surface area contributed by atoms with Gasteiger partial charge >= 0.3 is 0 Å². The molecule has 0 bridgehead atoms. The number of aryl methyl sites for hydroxylation is 1. The van der Waals surface area contributed by atoms with Gasteiger partial charge in [-0.15, -0.1) is 0 Å². The third-order valence-corrected chi connectivity index (χ3v) is 3.27. The fraction of sp³-hybridized carbons (Fsp3) is 0.500. The molecule has 1 aromatic rings. The standard InChI is InChI=1S/C14H20Cl2N2O/c1-2-7-17-8-9-18-14(19)6-4-11-3-5-12(15)10-13(11)16/h3,5,10,17H,2,4,6-9H2,1H3,(H,18,19). The van der Waals surface area contributed by atoms with Crippen LogP contribution in [-0.4, -0.2) is 25.5 Å². The minimum absolute atomic E-state index is 0.0457. The van der Waals surface area contributed by atoms with Gasteiger partial charge in [-0.05, 0) is 37.1 Å². The molecule has 5 heteroatoms. The second-order valence-corrected chi connectivity index (χ2v) is 5.18. The number of rotatable bonds is 8. The number of carbonyl (C=O) groups is 1. The number of hydrogen-bond acceptors (Lipinski definition) is 2. The van der Waals surface area contributed by atoms with E-state index >= 15 is 0 Å². The molecular formula is C14H20Cl2N2O. The van der Waals surface area contributed by atoms with Gasteiger partial charge in [0.15, 0.2) is 0 Å². The van der Waals surface area contributed by atoms with E-state index in [1.54, 1.807) is 12.1 Å². The van der Waals surface area contributed by atoms with Gasteiger partial charge in [0, 0.05) is 29.6 Å². The molecule has 0 aliphatic heterocycles. The number of benzene rings is 1. The van der Waals surface area contributed by atoms with Crippen molar-refractivity contribution >= 4 is 29.1 Å². The molecule has 3 nitrogen and oxygen atoms in total. The lowest BCUT2D eigenvalue weighted by Crippen LogP contribution is -2.32. The van der Waals surface area contributed by atoms with E-state index in [9.17, 15) is 4.79 Å². The molecule has 2 N–H and O–H groups in total. The molecule has 0 aromatic heterocycles. The van der Waals surface area contributed by atoms with Crippen LogP contribution in [-0.2, 0) is 11.2 Å². The van der Waals surface area contributed by atoms with Gasteiger partial charge in [-0.1, -0.05) is 36.2 Å². The van der Waals surface area contributed by atoms with Gasteiger partial charge in [-0.3, -0.25) is 4.79 Å². The van der Waals surface area contributed by atoms with Gasteiger partial charge in [-0.25, -0.2) is 0 Å². The lowest BCUT2D eigenvalue weighted by Gasteiger charge is -2.07. The monoisotopic (exact) mass is 302 g/mol. The van der Waals surface area contributed by atoms with Gasteiger partial charge < -0.3 is 10.6 Å². The molecule has 0 unspecified atom stereocenters. The number of carbonyl (C=O) groups excluding carboxylic acids is 1. The third-order valence-electron chi connectivity index (χ3n) is 2.69. The number of hydrogen-bond donors (Lipinski definition) is 2. The number of nitrogens with one attached hydrogen (secondary N) is 2. The molecule has 0 aliphatic carbocycles. The van der Waals surface area contributed by atoms with E-state index in [0.717, 1.165) is 25.1 Å². The van der Waals surface area contributed by atoms with E-state index in [-0.39, 0.29) is 5.91 Å². The lowest BCUT2D eigenvalue weighted by atomic mass is 10.1. The first-order valence-corrected chi connectivity index (χ1v) is 7.30. The summed E-state index contributed by atoms with van der Waals surface area (Å²) in [4.78, 5) is 11.6. The highest BCUT2D eigenvalue weighted by atomic mass is 35.5. The average Bonchev–Trinajstić information content (AvgIpc) is 2.37. The Kier molecular flexibility index (Phi) is 7.87. The highest BCUT2D eigenvalue weighted by molar-refractivity contribution is 6.35. The van der Waals surface area contributed by atoms with Crippen LogP contribution in [0.3, 0.4) is 0 Å². The molecular weight excluding hydrogens is 283 g/mol. The molecule has 0 radical (unpaired) electrons. The summed E-state index contributed by atoms with van der Waals surface area (Å²) in [6, 6.07) is 5.35. The van der Waals surface area contributed by atoms with Crippen LogP contribution in [0, 0.1) is 0 Å². The van der Waals surface area contributed by atoms with Crippen LogP contribution in [0.5, 0.6) is 0 Å². The molecule has 0 spiro atoms. The van der Waals surface area contributed by atoms with Crippen molar-refractivity contribution in [2.24, 2.45) is 0 Å². The van der Waals surface area contributed by atoms with Crippen molar-refractivity contribution in [2.45, 2.75) is 26.2 Å². The SMILES string of the molecule is CCCNCCNC(=O)CCc1ccc(Cl)cc1Cl. The smallest absolute Gasteiger partial charge is 0.220 e. The maximum absolute atomic E-state index is 11.6. The summed E-state index contributed by atoms with van der Waals surface area (Å²) in [5.41, 5.74) is 0.949. The molecule has 0 atom stereocenters. The van der Waals surface area contributed by atoms with E-state index < -0.39 is 0 Å². The van der Waals surface area contributed by atoms with Crippen molar-refractivity contribution in [1.82, 2.24) is 10.6 Å². The Balaban J connectivity index is 2.22. The first-order valence-electron chi connectivity index (χ1n) is 6.54. The van der Waals surface area contributed by atoms with Crippen LogP contribution in [0.2, 0.25) is 10.0 Å². The molecule has 106 valence electrons. The molecule has 0 aliphatic rings. The van der Waals surface area contributed by atoms with Crippen molar-refractivity contribution in [1.29, 1.82) is 0 Å². The van der Waals surface area contributed by atoms with Crippen LogP contribution < -0.4 is 10.6 Å². The Morgan fingerprint density at radius 2 is 2.00 bits per heavy atom. The second-order valence-electron chi connectivity index (χ2n) is 4.34. The van der Waals surface area contributed by atoms with Crippen molar-refractivity contribution in [3.63, 3.8) is 0 Å². The van der Waals surface area contributed by atoms with Gasteiger partial charge in [0.1, 0.15) is 0 Å². The van der Waals surface area contributed by atoms with Crippen LogP contribution in [0.25, 0.3) is 0 Å². The normalized spacial score (nSPS) is 10.5. The quantitative estimate of drug-likeness (QED) is 0.725. The summed E-state index contributed by atoms with van der Waals surface area (Å²) in [5.74, 6) is 0.0457. The highest BCUT2D eigenvalue weighted by Gasteiger charge is 2.05. The number of halogens is 2. The topological polar surface area (TPSA) is 41.1 Å². The zero-order valence-corrected chi connectivity index (χ0v) is 12.7. The van der Waals surface area contributed by atoms with E-state index in [0.29, 0.717) is 29.4 Å². The van der Waals surface area contributed by atoms with Crippen LogP contribution in [0.4, 0.5) is 0 Å². The first-order chi connectivity index (χ1) is 9.13. The minimum Gasteiger partial charge on any atom is -0.355 e. The molecule has 0 saturated heterocycles. The molecule has 0 saturated carbocycles. The van der Waals surface area contributed by atoms with Gasteiger partial charge in [-0.2, -0.15) is 0 Å². The Hall–Kier alpha value is -0.770. The molecule has 19 heavy (non-hydrogen) atoms. The second kappa shape index (κ2) is 9.18. The summed E-state index contributed by atoms with van der Waals surface area (Å²) in [5, 5.41) is 7.33. The van der Waals surface area contributed by atoms with Crippen molar-refractivity contribution in [3.05, 3.63) is 33.8 Å². The fourth-order valence-electron chi connectivity index (χ4n) is 1.65. The van der Waals surface area contributed by atoms with E-state index in [4.69, 9.17) is 23.2 Å². The zero-order chi connectivity index (χ0) is 14.1. The Morgan fingerprint density at radius 3 is 2.68 bits per heavy atom. The summed E-state index contributed by atoms with van der Waals surface area (Å²) >= 11 is 11.9. The van der Waals surface area contributed by atoms with E-state index in [1.807, 2.05) is 6.07 Å². The number of amides is 1. The molecule has 1 amide bonds. The lowest BCUT2D eigenvalue weighted by molar-refractivity contribution is -0.121. The molecule has 0 heterocycles. The van der Waals surface area contributed by atoms with Gasteiger partial charge in [0.25, 0.3) is 0 Å². The maximum atomic E-state index is 11.6. The Bertz CT molecular complexity index is 410. The predicted octanol–water partition coefficient (Wildman–Crippen LogP) is 3.04. The third kappa shape index (κ3) is 6.81. The van der Waals surface area contributed by atoms with Gasteiger partial charge in [0.05, 0.1) is 0 Å². The maximum Gasteiger partial charge on any atom is 0.220 e. The van der Waals surface area contributed by atoms with E-state index in [1.165, 1.54) is 0 Å². The first kappa shape index (κ1) is 16.3. The van der Waals surface area contributed by atoms with Crippen molar-refractivity contribution in [2.75, 3.05) is 19.6 Å². The van der Waals surface area contributed by atoms with Crippen molar-refractivity contribution in [3.8, 4) is 0 Å². The van der Waals surface area contributed by atoms with E-state index in [2.05, 4.69) is 17.6 Å². The van der Waals surface area contributed by atoms with Crippen molar-refractivity contribution < 1.29 is 4.79 Å². The summed E-state index contributed by atoms with van der Waals surface area (Å²) in [6.07, 6.45) is 2.17. The van der Waals surface area contributed by atoms with Gasteiger partial charge in [0.2, 0.25) is 5.91 Å². The fourth-order valence-corrected chi connectivity index (χ4v) is 2.16. The Morgan fingerprint density at radius 1 is 1.21 bits per heavy atom.